The Morgan fingerprint density at radius 3 is 2.64 bits per heavy atom. The molecular formula is C25H22ClNO5S. The van der Waals surface area contributed by atoms with Gasteiger partial charge in [-0.1, -0.05) is 43.6 Å². The molecule has 0 saturated heterocycles. The molecule has 4 aromatic rings. The summed E-state index contributed by atoms with van der Waals surface area (Å²) >= 11 is 7.58. The predicted octanol–water partition coefficient (Wildman–Crippen LogP) is 5.57. The van der Waals surface area contributed by atoms with E-state index in [9.17, 15) is 14.4 Å². The Bertz CT molecular complexity index is 1440. The van der Waals surface area contributed by atoms with E-state index in [-0.39, 0.29) is 19.1 Å². The third-order valence-electron chi connectivity index (χ3n) is 5.36. The van der Waals surface area contributed by atoms with Gasteiger partial charge in [0.1, 0.15) is 23.6 Å². The monoisotopic (exact) mass is 483 g/mol. The lowest BCUT2D eigenvalue weighted by Gasteiger charge is -2.13. The second kappa shape index (κ2) is 9.37. The molecule has 0 aliphatic carbocycles. The first-order valence-electron chi connectivity index (χ1n) is 10.4. The fraction of sp³-hybridized carbons (Fsp3) is 0.240. The minimum absolute atomic E-state index is 0.110. The summed E-state index contributed by atoms with van der Waals surface area (Å²) in [5.41, 5.74) is 2.63. The normalized spacial score (nSPS) is 11.3. The molecule has 8 heteroatoms. The Hall–Kier alpha value is -3.16. The van der Waals surface area contributed by atoms with E-state index in [1.807, 2.05) is 43.3 Å². The first-order chi connectivity index (χ1) is 15.7. The van der Waals surface area contributed by atoms with Crippen molar-refractivity contribution in [1.29, 1.82) is 0 Å². The molecule has 1 N–H and O–H groups in total. The van der Waals surface area contributed by atoms with E-state index >= 15 is 0 Å². The van der Waals surface area contributed by atoms with E-state index in [2.05, 4.69) is 19.2 Å². The van der Waals surface area contributed by atoms with Crippen LogP contribution >= 0.6 is 22.9 Å². The number of benzene rings is 2. The Kier molecular flexibility index (Phi) is 6.54. The largest absolute Gasteiger partial charge is 0.459 e. The maximum atomic E-state index is 12.5. The average molecular weight is 484 g/mol. The topological polar surface area (TPSA) is 85.6 Å². The molecule has 0 bridgehead atoms. The molecule has 1 amide bonds. The first kappa shape index (κ1) is 23.0. The lowest BCUT2D eigenvalue weighted by atomic mass is 9.95. The molecule has 0 aliphatic rings. The number of halogens is 1. The van der Waals surface area contributed by atoms with Crippen LogP contribution in [0, 0.1) is 6.92 Å². The van der Waals surface area contributed by atoms with Gasteiger partial charge < -0.3 is 14.5 Å². The van der Waals surface area contributed by atoms with Gasteiger partial charge in [-0.25, -0.2) is 4.79 Å². The van der Waals surface area contributed by atoms with E-state index in [0.29, 0.717) is 21.0 Å². The Labute approximate surface area is 199 Å². The van der Waals surface area contributed by atoms with Gasteiger partial charge in [-0.15, -0.1) is 11.3 Å². The number of rotatable bonds is 6. The second-order valence-electron chi connectivity index (χ2n) is 8.04. The zero-order chi connectivity index (χ0) is 23.7. The molecule has 4 rings (SSSR count). The number of amides is 1. The van der Waals surface area contributed by atoms with Crippen LogP contribution in [-0.2, 0) is 16.1 Å². The molecule has 33 heavy (non-hydrogen) atoms. The van der Waals surface area contributed by atoms with Crippen LogP contribution in [0.3, 0.4) is 0 Å². The van der Waals surface area contributed by atoms with Gasteiger partial charge in [0.2, 0.25) is 0 Å². The number of carbonyl (C=O) groups excluding carboxylic acids is 2. The molecule has 170 valence electrons. The summed E-state index contributed by atoms with van der Waals surface area (Å²) in [6.07, 6.45) is 0. The third-order valence-corrected chi connectivity index (χ3v) is 7.04. The van der Waals surface area contributed by atoms with Crippen molar-refractivity contribution in [3.8, 4) is 0 Å². The van der Waals surface area contributed by atoms with Crippen molar-refractivity contribution in [2.75, 3.05) is 6.54 Å². The number of hydrogen-bond donors (Lipinski definition) is 1. The van der Waals surface area contributed by atoms with Gasteiger partial charge in [-0.2, -0.15) is 0 Å². The standard InChI is InChI=1S/C25H22ClNO5S/c1-13(2)17-10-18-15(9-21(28)32-19(18)8-14(17)3)12-31-22(29)11-27-25(30)24-23(26)16-6-4-5-7-20(16)33-24/h4-10,13H,11-12H2,1-3H3,(H,27,30). The highest BCUT2D eigenvalue weighted by Gasteiger charge is 2.18. The Balaban J connectivity index is 1.45. The number of thiophene rings is 1. The summed E-state index contributed by atoms with van der Waals surface area (Å²) in [7, 11) is 0. The van der Waals surface area contributed by atoms with Gasteiger partial charge in [0.05, 0.1) is 5.02 Å². The summed E-state index contributed by atoms with van der Waals surface area (Å²) in [6, 6.07) is 12.5. The number of nitrogens with one attached hydrogen (secondary N) is 1. The summed E-state index contributed by atoms with van der Waals surface area (Å²) in [5, 5.41) is 4.42. The maximum absolute atomic E-state index is 12.5. The van der Waals surface area contributed by atoms with Crippen molar-refractivity contribution in [3.63, 3.8) is 0 Å². The Morgan fingerprint density at radius 1 is 1.15 bits per heavy atom. The number of fused-ring (bicyclic) bond motifs is 2. The van der Waals surface area contributed by atoms with Crippen LogP contribution in [0.4, 0.5) is 0 Å². The van der Waals surface area contributed by atoms with Crippen LogP contribution in [0.5, 0.6) is 0 Å². The van der Waals surface area contributed by atoms with Crippen LogP contribution in [0.2, 0.25) is 5.02 Å². The van der Waals surface area contributed by atoms with E-state index < -0.39 is 17.5 Å². The maximum Gasteiger partial charge on any atom is 0.336 e. The summed E-state index contributed by atoms with van der Waals surface area (Å²) in [4.78, 5) is 37.1. The molecule has 0 saturated carbocycles. The smallest absolute Gasteiger partial charge is 0.336 e. The van der Waals surface area contributed by atoms with Crippen LogP contribution < -0.4 is 10.9 Å². The minimum atomic E-state index is -0.627. The molecular weight excluding hydrogens is 462 g/mol. The minimum Gasteiger partial charge on any atom is -0.459 e. The number of hydrogen-bond acceptors (Lipinski definition) is 6. The van der Waals surface area contributed by atoms with Gasteiger partial charge in [-0.3, -0.25) is 9.59 Å². The van der Waals surface area contributed by atoms with Crippen molar-refractivity contribution in [3.05, 3.63) is 79.5 Å². The average Bonchev–Trinajstić information content (AvgIpc) is 3.11. The van der Waals surface area contributed by atoms with Gasteiger partial charge in [0.25, 0.3) is 5.91 Å². The highest BCUT2D eigenvalue weighted by molar-refractivity contribution is 7.21. The summed E-state index contributed by atoms with van der Waals surface area (Å²) in [6.45, 7) is 5.70. The van der Waals surface area contributed by atoms with Crippen LogP contribution in [0.25, 0.3) is 21.1 Å². The Morgan fingerprint density at radius 2 is 1.91 bits per heavy atom. The number of aryl methyl sites for hydroxylation is 1. The fourth-order valence-corrected chi connectivity index (χ4v) is 5.17. The fourth-order valence-electron chi connectivity index (χ4n) is 3.73. The van der Waals surface area contributed by atoms with Crippen molar-refractivity contribution in [1.82, 2.24) is 5.32 Å². The van der Waals surface area contributed by atoms with E-state index in [0.717, 1.165) is 26.6 Å². The van der Waals surface area contributed by atoms with Crippen molar-refractivity contribution >= 4 is 55.9 Å². The molecule has 0 fully saturated rings. The van der Waals surface area contributed by atoms with Gasteiger partial charge in [0.15, 0.2) is 0 Å². The molecule has 0 aliphatic heterocycles. The van der Waals surface area contributed by atoms with Crippen LogP contribution in [0.1, 0.15) is 46.1 Å². The number of carbonyl (C=O) groups is 2. The SMILES string of the molecule is Cc1cc2oc(=O)cc(COC(=O)CNC(=O)c3sc4ccccc4c3Cl)c2cc1C(C)C. The lowest BCUT2D eigenvalue weighted by Crippen LogP contribution is -2.30. The van der Waals surface area contributed by atoms with Crippen LogP contribution in [0.15, 0.2) is 51.7 Å². The van der Waals surface area contributed by atoms with E-state index in [1.54, 1.807) is 0 Å². The molecule has 6 nitrogen and oxygen atoms in total. The second-order valence-corrected chi connectivity index (χ2v) is 9.47. The zero-order valence-electron chi connectivity index (χ0n) is 18.4. The molecule has 2 aromatic heterocycles. The van der Waals surface area contributed by atoms with Crippen molar-refractivity contribution in [2.24, 2.45) is 0 Å². The molecule has 0 unspecified atom stereocenters. The summed E-state index contributed by atoms with van der Waals surface area (Å²) in [5.74, 6) is -0.785. The van der Waals surface area contributed by atoms with Gasteiger partial charge in [0, 0.05) is 27.1 Å². The summed E-state index contributed by atoms with van der Waals surface area (Å²) < 4.78 is 11.5. The molecule has 0 radical (unpaired) electrons. The zero-order valence-corrected chi connectivity index (χ0v) is 19.9. The van der Waals surface area contributed by atoms with Crippen LogP contribution in [-0.4, -0.2) is 18.4 Å². The predicted molar refractivity (Wildman–Crippen MR) is 130 cm³/mol. The highest BCUT2D eigenvalue weighted by atomic mass is 35.5. The number of esters is 1. The quantitative estimate of drug-likeness (QED) is 0.286. The third kappa shape index (κ3) is 4.79. The van der Waals surface area contributed by atoms with Crippen molar-refractivity contribution < 1.29 is 18.7 Å². The lowest BCUT2D eigenvalue weighted by molar-refractivity contribution is -0.143. The van der Waals surface area contributed by atoms with Crippen molar-refractivity contribution in [2.45, 2.75) is 33.3 Å². The molecule has 2 aromatic carbocycles. The van der Waals surface area contributed by atoms with Gasteiger partial charge >= 0.3 is 11.6 Å². The highest BCUT2D eigenvalue weighted by Crippen LogP contribution is 2.35. The molecule has 2 heterocycles. The van der Waals surface area contributed by atoms with Gasteiger partial charge in [-0.05, 0) is 42.2 Å². The first-order valence-corrected chi connectivity index (χ1v) is 11.6. The van der Waals surface area contributed by atoms with E-state index in [4.69, 9.17) is 20.8 Å². The number of ether oxygens (including phenoxy) is 1. The van der Waals surface area contributed by atoms with E-state index in [1.165, 1.54) is 17.4 Å². The molecule has 0 spiro atoms. The molecule has 0 atom stereocenters.